The topological polar surface area (TPSA) is 91.4 Å². The number of esters is 1. The Labute approximate surface area is 148 Å². The van der Waals surface area contributed by atoms with Gasteiger partial charge < -0.3 is 20.1 Å². The number of benzene rings is 1. The zero-order valence-electron chi connectivity index (χ0n) is 12.8. The van der Waals surface area contributed by atoms with Crippen LogP contribution in [0.15, 0.2) is 36.4 Å². The Bertz CT molecular complexity index is 715. The van der Waals surface area contributed by atoms with Crippen molar-refractivity contribution in [3.05, 3.63) is 57.8 Å². The molecular formula is C16H16Cl2N2O4. The van der Waals surface area contributed by atoms with Crippen molar-refractivity contribution in [3.63, 3.8) is 0 Å². The second-order valence-electron chi connectivity index (χ2n) is 4.92. The van der Waals surface area contributed by atoms with E-state index < -0.39 is 24.0 Å². The highest BCUT2D eigenvalue weighted by Crippen LogP contribution is 2.21. The average Bonchev–Trinajstić information content (AvgIpc) is 2.99. The van der Waals surface area contributed by atoms with Gasteiger partial charge in [0.2, 0.25) is 0 Å². The maximum atomic E-state index is 12.2. The van der Waals surface area contributed by atoms with Crippen molar-refractivity contribution in [2.45, 2.75) is 19.1 Å². The van der Waals surface area contributed by atoms with Crippen molar-refractivity contribution < 1.29 is 19.4 Å². The molecule has 24 heavy (non-hydrogen) atoms. The smallest absolute Gasteiger partial charge is 0.331 e. The second kappa shape index (κ2) is 8.19. The van der Waals surface area contributed by atoms with Gasteiger partial charge in [0.05, 0.1) is 6.61 Å². The lowest BCUT2D eigenvalue weighted by atomic mass is 10.0. The summed E-state index contributed by atoms with van der Waals surface area (Å²) >= 11 is 11.6. The third-order valence-corrected chi connectivity index (χ3v) is 3.72. The van der Waals surface area contributed by atoms with Crippen LogP contribution >= 0.6 is 23.2 Å². The van der Waals surface area contributed by atoms with Gasteiger partial charge in [0.15, 0.2) is 6.04 Å². The van der Waals surface area contributed by atoms with Gasteiger partial charge in [-0.15, -0.1) is 0 Å². The van der Waals surface area contributed by atoms with Gasteiger partial charge in [0.1, 0.15) is 17.0 Å². The molecule has 1 aromatic carbocycles. The van der Waals surface area contributed by atoms with E-state index in [2.05, 4.69) is 10.3 Å². The number of nitrogens with one attached hydrogen (secondary N) is 2. The van der Waals surface area contributed by atoms with E-state index in [0.29, 0.717) is 10.6 Å². The summed E-state index contributed by atoms with van der Waals surface area (Å²) in [6, 6.07) is 7.98. The minimum atomic E-state index is -1.30. The molecule has 6 nitrogen and oxygen atoms in total. The number of amides is 1. The van der Waals surface area contributed by atoms with Crippen LogP contribution < -0.4 is 5.32 Å². The zero-order valence-corrected chi connectivity index (χ0v) is 14.3. The molecule has 128 valence electrons. The van der Waals surface area contributed by atoms with Crippen molar-refractivity contribution in [3.8, 4) is 0 Å². The molecule has 0 spiro atoms. The highest BCUT2D eigenvalue weighted by atomic mass is 35.5. The van der Waals surface area contributed by atoms with E-state index in [-0.39, 0.29) is 17.5 Å². The predicted octanol–water partition coefficient (Wildman–Crippen LogP) is 2.72. The Morgan fingerprint density at radius 3 is 2.42 bits per heavy atom. The first-order chi connectivity index (χ1) is 11.4. The molecule has 1 heterocycles. The molecule has 0 bridgehead atoms. The summed E-state index contributed by atoms with van der Waals surface area (Å²) in [5, 5.41) is 13.7. The van der Waals surface area contributed by atoms with Gasteiger partial charge in [-0.3, -0.25) is 4.79 Å². The van der Waals surface area contributed by atoms with Crippen LogP contribution in [0.4, 0.5) is 0 Å². The fraction of sp³-hybridized carbons (Fsp3) is 0.250. The monoisotopic (exact) mass is 370 g/mol. The Kier molecular flexibility index (Phi) is 6.25. The fourth-order valence-corrected chi connectivity index (χ4v) is 2.36. The lowest BCUT2D eigenvalue weighted by Gasteiger charge is -2.22. The first-order valence-electron chi connectivity index (χ1n) is 7.18. The summed E-state index contributed by atoms with van der Waals surface area (Å²) in [5.41, 5.74) is 0.583. The standard InChI is InChI=1S/C16H16Cl2N2O4/c1-2-24-16(23)13(14(21)9-3-5-10(17)6-4-9)20-15(22)11-7-8-12(18)19-11/h3-8,13-14,19,21H,2H2,1H3,(H,20,22). The number of aromatic nitrogens is 1. The molecule has 2 aromatic rings. The van der Waals surface area contributed by atoms with Crippen LogP contribution in [-0.4, -0.2) is 34.6 Å². The summed E-state index contributed by atoms with van der Waals surface area (Å²) < 4.78 is 4.94. The number of H-pyrrole nitrogens is 1. The summed E-state index contributed by atoms with van der Waals surface area (Å²) in [4.78, 5) is 27.0. The first kappa shape index (κ1) is 18.3. The quantitative estimate of drug-likeness (QED) is 0.681. The lowest BCUT2D eigenvalue weighted by Crippen LogP contribution is -2.46. The van der Waals surface area contributed by atoms with Crippen LogP contribution in [0.2, 0.25) is 10.2 Å². The highest BCUT2D eigenvalue weighted by molar-refractivity contribution is 6.30. The Morgan fingerprint density at radius 1 is 1.21 bits per heavy atom. The lowest BCUT2D eigenvalue weighted by molar-refractivity contribution is -0.148. The van der Waals surface area contributed by atoms with Crippen LogP contribution in [0.3, 0.4) is 0 Å². The summed E-state index contributed by atoms with van der Waals surface area (Å²) in [7, 11) is 0. The van der Waals surface area contributed by atoms with Gasteiger partial charge in [-0.05, 0) is 36.8 Å². The van der Waals surface area contributed by atoms with Gasteiger partial charge in [-0.1, -0.05) is 35.3 Å². The summed E-state index contributed by atoms with van der Waals surface area (Å²) in [6.07, 6.45) is -1.30. The van der Waals surface area contributed by atoms with E-state index in [1.165, 1.54) is 12.1 Å². The number of aliphatic hydroxyl groups is 1. The Balaban J connectivity index is 2.22. The number of ether oxygens (including phenoxy) is 1. The van der Waals surface area contributed by atoms with E-state index >= 15 is 0 Å². The highest BCUT2D eigenvalue weighted by Gasteiger charge is 2.31. The minimum Gasteiger partial charge on any atom is -0.464 e. The zero-order chi connectivity index (χ0) is 17.7. The Morgan fingerprint density at radius 2 is 1.88 bits per heavy atom. The Hall–Kier alpha value is -2.02. The number of aliphatic hydroxyl groups excluding tert-OH is 1. The molecule has 0 aliphatic rings. The number of carbonyl (C=O) groups excluding carboxylic acids is 2. The van der Waals surface area contributed by atoms with Crippen LogP contribution in [0, 0.1) is 0 Å². The molecule has 0 saturated heterocycles. The van der Waals surface area contributed by atoms with Crippen molar-refractivity contribution in [2.75, 3.05) is 6.61 Å². The van der Waals surface area contributed by atoms with Gasteiger partial charge in [0.25, 0.3) is 5.91 Å². The van der Waals surface area contributed by atoms with E-state index in [1.54, 1.807) is 31.2 Å². The first-order valence-corrected chi connectivity index (χ1v) is 7.93. The molecule has 2 unspecified atom stereocenters. The summed E-state index contributed by atoms with van der Waals surface area (Å²) in [6.45, 7) is 1.75. The molecule has 2 rings (SSSR count). The van der Waals surface area contributed by atoms with Crippen molar-refractivity contribution in [2.24, 2.45) is 0 Å². The number of hydrogen-bond donors (Lipinski definition) is 3. The second-order valence-corrected chi connectivity index (χ2v) is 5.76. The molecule has 0 saturated carbocycles. The average molecular weight is 371 g/mol. The molecule has 0 radical (unpaired) electrons. The molecule has 8 heteroatoms. The van der Waals surface area contributed by atoms with Gasteiger partial charge in [0, 0.05) is 5.02 Å². The molecule has 1 aromatic heterocycles. The van der Waals surface area contributed by atoms with E-state index in [4.69, 9.17) is 27.9 Å². The number of rotatable bonds is 6. The maximum absolute atomic E-state index is 12.2. The third kappa shape index (κ3) is 4.50. The van der Waals surface area contributed by atoms with Crippen molar-refractivity contribution in [1.82, 2.24) is 10.3 Å². The number of carbonyl (C=O) groups is 2. The van der Waals surface area contributed by atoms with Crippen LogP contribution in [0.25, 0.3) is 0 Å². The molecule has 2 atom stereocenters. The molecule has 0 aliphatic heterocycles. The van der Waals surface area contributed by atoms with Crippen molar-refractivity contribution >= 4 is 35.1 Å². The predicted molar refractivity (Wildman–Crippen MR) is 90.1 cm³/mol. The van der Waals surface area contributed by atoms with E-state index in [1.807, 2.05) is 0 Å². The largest absolute Gasteiger partial charge is 0.464 e. The number of hydrogen-bond acceptors (Lipinski definition) is 4. The molecule has 0 aliphatic carbocycles. The summed E-state index contributed by atoms with van der Waals surface area (Å²) in [5.74, 6) is -1.33. The van der Waals surface area contributed by atoms with Crippen molar-refractivity contribution in [1.29, 1.82) is 0 Å². The molecular weight excluding hydrogens is 355 g/mol. The van der Waals surface area contributed by atoms with Gasteiger partial charge >= 0.3 is 5.97 Å². The third-order valence-electron chi connectivity index (χ3n) is 3.25. The fourth-order valence-electron chi connectivity index (χ4n) is 2.07. The minimum absolute atomic E-state index is 0.118. The molecule has 3 N–H and O–H groups in total. The van der Waals surface area contributed by atoms with Gasteiger partial charge in [-0.25, -0.2) is 4.79 Å². The normalized spacial score (nSPS) is 13.2. The molecule has 1 amide bonds. The van der Waals surface area contributed by atoms with Crippen LogP contribution in [0.5, 0.6) is 0 Å². The van der Waals surface area contributed by atoms with Gasteiger partial charge in [-0.2, -0.15) is 0 Å². The van der Waals surface area contributed by atoms with E-state index in [0.717, 1.165) is 0 Å². The van der Waals surface area contributed by atoms with Crippen LogP contribution in [-0.2, 0) is 9.53 Å². The number of halogens is 2. The van der Waals surface area contributed by atoms with Crippen LogP contribution in [0.1, 0.15) is 29.1 Å². The van der Waals surface area contributed by atoms with E-state index in [9.17, 15) is 14.7 Å². The SMILES string of the molecule is CCOC(=O)C(NC(=O)c1ccc(Cl)[nH]1)C(O)c1ccc(Cl)cc1. The molecule has 0 fully saturated rings. The number of aromatic amines is 1. The maximum Gasteiger partial charge on any atom is 0.331 e.